The monoisotopic (exact) mass is 313 g/mol. The number of amides is 1. The van der Waals surface area contributed by atoms with Crippen molar-refractivity contribution in [2.75, 3.05) is 5.75 Å². The van der Waals surface area contributed by atoms with Crippen LogP contribution in [0.15, 0.2) is 59.5 Å². The van der Waals surface area contributed by atoms with E-state index in [1.165, 1.54) is 5.56 Å². The lowest BCUT2D eigenvalue weighted by Crippen LogP contribution is -2.32. The molecular formula is C19H23NOS. The summed E-state index contributed by atoms with van der Waals surface area (Å²) in [7, 11) is 0. The van der Waals surface area contributed by atoms with Crippen LogP contribution in [0, 0.1) is 12.8 Å². The molecule has 1 N–H and O–H groups in total. The van der Waals surface area contributed by atoms with Gasteiger partial charge in [-0.05, 0) is 30.5 Å². The molecule has 0 spiro atoms. The molecule has 0 saturated heterocycles. The number of nitrogens with one attached hydrogen (secondary N) is 1. The molecule has 1 atom stereocenters. The van der Waals surface area contributed by atoms with Gasteiger partial charge in [0.1, 0.15) is 0 Å². The van der Waals surface area contributed by atoms with Gasteiger partial charge >= 0.3 is 0 Å². The summed E-state index contributed by atoms with van der Waals surface area (Å²) in [5.74, 6) is 0.878. The molecule has 0 aliphatic carbocycles. The molecule has 0 heterocycles. The number of thioether (sulfide) groups is 1. The molecule has 0 aliphatic heterocycles. The minimum absolute atomic E-state index is 0.0623. The molecule has 0 bridgehead atoms. The van der Waals surface area contributed by atoms with Crippen LogP contribution in [0.1, 0.15) is 31.0 Å². The zero-order chi connectivity index (χ0) is 15.9. The lowest BCUT2D eigenvalue weighted by atomic mass is 9.96. The third-order valence-corrected chi connectivity index (χ3v) is 4.54. The molecule has 2 aromatic carbocycles. The third kappa shape index (κ3) is 4.92. The fourth-order valence-corrected chi connectivity index (χ4v) is 3.00. The van der Waals surface area contributed by atoms with E-state index in [4.69, 9.17) is 0 Å². The summed E-state index contributed by atoms with van der Waals surface area (Å²) in [6.45, 7) is 6.32. The van der Waals surface area contributed by atoms with Crippen LogP contribution in [-0.2, 0) is 4.79 Å². The van der Waals surface area contributed by atoms with Crippen molar-refractivity contribution in [3.05, 3.63) is 65.7 Å². The largest absolute Gasteiger partial charge is 0.348 e. The van der Waals surface area contributed by atoms with Crippen LogP contribution in [0.4, 0.5) is 0 Å². The lowest BCUT2D eigenvalue weighted by molar-refractivity contribution is -0.119. The second-order valence-electron chi connectivity index (χ2n) is 5.80. The Morgan fingerprint density at radius 2 is 1.68 bits per heavy atom. The molecule has 0 saturated carbocycles. The van der Waals surface area contributed by atoms with Crippen molar-refractivity contribution in [3.8, 4) is 0 Å². The first-order chi connectivity index (χ1) is 10.6. The summed E-state index contributed by atoms with van der Waals surface area (Å²) in [4.78, 5) is 13.4. The first-order valence-electron chi connectivity index (χ1n) is 7.60. The summed E-state index contributed by atoms with van der Waals surface area (Å²) in [6.07, 6.45) is 0. The quantitative estimate of drug-likeness (QED) is 0.790. The highest BCUT2D eigenvalue weighted by Gasteiger charge is 2.17. The van der Waals surface area contributed by atoms with E-state index in [1.54, 1.807) is 11.8 Å². The fraction of sp³-hybridized carbons (Fsp3) is 0.316. The number of benzene rings is 2. The van der Waals surface area contributed by atoms with Crippen LogP contribution in [0.3, 0.4) is 0 Å². The second kappa shape index (κ2) is 8.04. The molecular weight excluding hydrogens is 290 g/mol. The summed E-state index contributed by atoms with van der Waals surface area (Å²) in [6, 6.07) is 18.5. The molecule has 0 fully saturated rings. The van der Waals surface area contributed by atoms with E-state index in [2.05, 4.69) is 62.5 Å². The molecule has 1 unspecified atom stereocenters. The van der Waals surface area contributed by atoms with Crippen LogP contribution in [0.5, 0.6) is 0 Å². The maximum absolute atomic E-state index is 12.2. The zero-order valence-electron chi connectivity index (χ0n) is 13.4. The van der Waals surface area contributed by atoms with Gasteiger partial charge in [-0.3, -0.25) is 4.79 Å². The van der Waals surface area contributed by atoms with Crippen LogP contribution in [0.25, 0.3) is 0 Å². The topological polar surface area (TPSA) is 29.1 Å². The van der Waals surface area contributed by atoms with Crippen molar-refractivity contribution in [1.82, 2.24) is 5.32 Å². The first-order valence-corrected chi connectivity index (χ1v) is 8.58. The number of carbonyl (C=O) groups excluding carboxylic acids is 1. The SMILES string of the molecule is Cc1ccc(SCC(=O)NC(c2ccccc2)C(C)C)cc1. The van der Waals surface area contributed by atoms with E-state index >= 15 is 0 Å². The van der Waals surface area contributed by atoms with Gasteiger partial charge in [0.15, 0.2) is 0 Å². The predicted octanol–water partition coefficient (Wildman–Crippen LogP) is 4.60. The normalized spacial score (nSPS) is 12.2. The highest BCUT2D eigenvalue weighted by molar-refractivity contribution is 8.00. The van der Waals surface area contributed by atoms with Crippen LogP contribution >= 0.6 is 11.8 Å². The van der Waals surface area contributed by atoms with Crippen molar-refractivity contribution in [3.63, 3.8) is 0 Å². The van der Waals surface area contributed by atoms with Gasteiger partial charge in [-0.25, -0.2) is 0 Å². The minimum atomic E-state index is 0.0623. The van der Waals surface area contributed by atoms with Crippen molar-refractivity contribution >= 4 is 17.7 Å². The molecule has 22 heavy (non-hydrogen) atoms. The van der Waals surface area contributed by atoms with E-state index < -0.39 is 0 Å². The molecule has 0 aromatic heterocycles. The van der Waals surface area contributed by atoms with Crippen molar-refractivity contribution in [2.24, 2.45) is 5.92 Å². The molecule has 1 amide bonds. The molecule has 2 rings (SSSR count). The summed E-state index contributed by atoms with van der Waals surface area (Å²) in [5.41, 5.74) is 2.39. The molecule has 3 heteroatoms. The standard InChI is InChI=1S/C19H23NOS/c1-14(2)19(16-7-5-4-6-8-16)20-18(21)13-22-17-11-9-15(3)10-12-17/h4-12,14,19H,13H2,1-3H3,(H,20,21). The average Bonchev–Trinajstić information content (AvgIpc) is 2.52. The van der Waals surface area contributed by atoms with Gasteiger partial charge < -0.3 is 5.32 Å². The fourth-order valence-electron chi connectivity index (χ4n) is 2.29. The van der Waals surface area contributed by atoms with Gasteiger partial charge in [-0.2, -0.15) is 0 Å². The predicted molar refractivity (Wildman–Crippen MR) is 94.1 cm³/mol. The van der Waals surface area contributed by atoms with Crippen LogP contribution in [0.2, 0.25) is 0 Å². The van der Waals surface area contributed by atoms with Gasteiger partial charge in [-0.1, -0.05) is 61.9 Å². The number of rotatable bonds is 6. The van der Waals surface area contributed by atoms with E-state index in [1.807, 2.05) is 18.2 Å². The summed E-state index contributed by atoms with van der Waals surface area (Å²) in [5, 5.41) is 3.15. The Hall–Kier alpha value is -1.74. The van der Waals surface area contributed by atoms with Crippen molar-refractivity contribution in [2.45, 2.75) is 31.7 Å². The highest BCUT2D eigenvalue weighted by Crippen LogP contribution is 2.22. The number of hydrogen-bond acceptors (Lipinski definition) is 2. The van der Waals surface area contributed by atoms with Gasteiger partial charge in [0.25, 0.3) is 0 Å². The Morgan fingerprint density at radius 3 is 2.27 bits per heavy atom. The van der Waals surface area contributed by atoms with Gasteiger partial charge in [0, 0.05) is 4.90 Å². The second-order valence-corrected chi connectivity index (χ2v) is 6.85. The van der Waals surface area contributed by atoms with Crippen molar-refractivity contribution < 1.29 is 4.79 Å². The maximum atomic E-state index is 12.2. The van der Waals surface area contributed by atoms with Gasteiger partial charge in [0.05, 0.1) is 11.8 Å². The van der Waals surface area contributed by atoms with E-state index in [9.17, 15) is 4.79 Å². The summed E-state index contributed by atoms with van der Waals surface area (Å²) < 4.78 is 0. The van der Waals surface area contributed by atoms with Crippen LogP contribution in [-0.4, -0.2) is 11.7 Å². The molecule has 0 aliphatic rings. The molecule has 2 nitrogen and oxygen atoms in total. The summed E-state index contributed by atoms with van der Waals surface area (Å²) >= 11 is 1.57. The van der Waals surface area contributed by atoms with E-state index in [-0.39, 0.29) is 11.9 Å². The highest BCUT2D eigenvalue weighted by atomic mass is 32.2. The number of aryl methyl sites for hydroxylation is 1. The van der Waals surface area contributed by atoms with Gasteiger partial charge in [-0.15, -0.1) is 11.8 Å². The maximum Gasteiger partial charge on any atom is 0.230 e. The zero-order valence-corrected chi connectivity index (χ0v) is 14.2. The Morgan fingerprint density at radius 1 is 1.05 bits per heavy atom. The minimum Gasteiger partial charge on any atom is -0.348 e. The Kier molecular flexibility index (Phi) is 6.08. The Bertz CT molecular complexity index is 593. The van der Waals surface area contributed by atoms with E-state index in [0.717, 1.165) is 10.5 Å². The van der Waals surface area contributed by atoms with E-state index in [0.29, 0.717) is 11.7 Å². The van der Waals surface area contributed by atoms with Crippen LogP contribution < -0.4 is 5.32 Å². The average molecular weight is 313 g/mol. The third-order valence-electron chi connectivity index (χ3n) is 3.53. The lowest BCUT2D eigenvalue weighted by Gasteiger charge is -2.23. The van der Waals surface area contributed by atoms with Gasteiger partial charge in [0.2, 0.25) is 5.91 Å². The smallest absolute Gasteiger partial charge is 0.230 e. The first kappa shape index (κ1) is 16.6. The Balaban J connectivity index is 1.93. The molecule has 116 valence electrons. The Labute approximate surface area is 137 Å². The number of carbonyl (C=O) groups is 1. The van der Waals surface area contributed by atoms with Crippen molar-refractivity contribution in [1.29, 1.82) is 0 Å². The molecule has 0 radical (unpaired) electrons. The molecule has 2 aromatic rings. The number of hydrogen-bond donors (Lipinski definition) is 1.